The molecule has 4 nitrogen and oxygen atoms in total. The van der Waals surface area contributed by atoms with Crippen molar-refractivity contribution in [2.24, 2.45) is 0 Å². The number of oxazole rings is 1. The second kappa shape index (κ2) is 7.04. The molecule has 0 aliphatic heterocycles. The third kappa shape index (κ3) is 3.85. The van der Waals surface area contributed by atoms with Crippen LogP contribution in [0.15, 0.2) is 34.7 Å². The molecule has 23 heavy (non-hydrogen) atoms. The maximum absolute atomic E-state index is 5.71. The van der Waals surface area contributed by atoms with Crippen molar-refractivity contribution in [1.29, 1.82) is 0 Å². The minimum atomic E-state index is 0.597. The molecule has 0 radical (unpaired) electrons. The second-order valence-electron chi connectivity index (χ2n) is 5.87. The topological polar surface area (TPSA) is 43.9 Å². The lowest BCUT2D eigenvalue weighted by Crippen LogP contribution is -2.03. The molecule has 120 valence electrons. The minimum Gasteiger partial charge on any atom is -0.436 e. The van der Waals surface area contributed by atoms with Crippen LogP contribution in [0.1, 0.15) is 43.0 Å². The maximum Gasteiger partial charge on any atom is 0.234 e. The molecule has 0 amide bonds. The Morgan fingerprint density at radius 1 is 1.17 bits per heavy atom. The Kier molecular flexibility index (Phi) is 4.86. The molecule has 0 atom stereocenters. The molecule has 3 aromatic rings. The van der Waals surface area contributed by atoms with Gasteiger partial charge in [-0.15, -0.1) is 0 Å². The van der Waals surface area contributed by atoms with Crippen LogP contribution in [0.2, 0.25) is 0 Å². The van der Waals surface area contributed by atoms with E-state index in [4.69, 9.17) is 16.6 Å². The molecular formula is C18H21N3OS. The summed E-state index contributed by atoms with van der Waals surface area (Å²) in [5.41, 5.74) is 3.98. The molecule has 1 aromatic carbocycles. The Hall–Kier alpha value is -2.01. The van der Waals surface area contributed by atoms with Crippen LogP contribution in [0.4, 0.5) is 0 Å². The molecule has 2 heterocycles. The van der Waals surface area contributed by atoms with Gasteiger partial charge in [0.2, 0.25) is 5.89 Å². The summed E-state index contributed by atoms with van der Waals surface area (Å²) >= 11 is 5.45. The maximum atomic E-state index is 5.71. The molecule has 0 spiro atoms. The van der Waals surface area contributed by atoms with Gasteiger partial charge in [-0.05, 0) is 51.3 Å². The van der Waals surface area contributed by atoms with E-state index in [0.717, 1.165) is 53.9 Å². The first kappa shape index (κ1) is 15.9. The summed E-state index contributed by atoms with van der Waals surface area (Å²) in [6.07, 6.45) is 4.13. The van der Waals surface area contributed by atoms with Crippen molar-refractivity contribution in [3.8, 4) is 0 Å². The molecular weight excluding hydrogens is 306 g/mol. The van der Waals surface area contributed by atoms with Crippen LogP contribution in [-0.2, 0) is 6.54 Å². The van der Waals surface area contributed by atoms with Gasteiger partial charge in [-0.25, -0.2) is 4.98 Å². The summed E-state index contributed by atoms with van der Waals surface area (Å²) in [5, 5.41) is 4.48. The van der Waals surface area contributed by atoms with Gasteiger partial charge in [0, 0.05) is 12.2 Å². The first-order chi connectivity index (χ1) is 11.1. The Bertz CT molecular complexity index is 786. The number of rotatable bonds is 7. The Balaban J connectivity index is 1.45. The van der Waals surface area contributed by atoms with Crippen molar-refractivity contribution < 1.29 is 4.42 Å². The van der Waals surface area contributed by atoms with E-state index in [-0.39, 0.29) is 0 Å². The van der Waals surface area contributed by atoms with Crippen molar-refractivity contribution in [3.05, 3.63) is 47.6 Å². The summed E-state index contributed by atoms with van der Waals surface area (Å²) in [6, 6.07) is 9.88. The van der Waals surface area contributed by atoms with Crippen LogP contribution in [0.5, 0.6) is 0 Å². The normalized spacial score (nSPS) is 11.2. The van der Waals surface area contributed by atoms with Gasteiger partial charge in [-0.3, -0.25) is 4.68 Å². The lowest BCUT2D eigenvalue weighted by atomic mass is 10.1. The highest BCUT2D eigenvalue weighted by atomic mass is 32.1. The fourth-order valence-electron chi connectivity index (χ4n) is 2.72. The number of nitrogens with zero attached hydrogens (tertiary/aromatic N) is 3. The molecule has 0 aliphatic carbocycles. The second-order valence-corrected chi connectivity index (χ2v) is 6.36. The van der Waals surface area contributed by atoms with E-state index in [1.807, 2.05) is 31.2 Å². The highest BCUT2D eigenvalue weighted by Crippen LogP contribution is 2.17. The lowest BCUT2D eigenvalue weighted by molar-refractivity contribution is 0.534. The molecule has 0 N–H and O–H groups in total. The predicted molar refractivity (Wildman–Crippen MR) is 95.9 cm³/mol. The largest absolute Gasteiger partial charge is 0.436 e. The Morgan fingerprint density at radius 2 is 2.00 bits per heavy atom. The number of para-hydroxylation sites is 2. The zero-order valence-electron chi connectivity index (χ0n) is 13.6. The third-order valence-corrected chi connectivity index (χ3v) is 4.29. The number of fused-ring (bicyclic) bond motifs is 1. The lowest BCUT2D eigenvalue weighted by Gasteiger charge is -2.04. The number of unbranched alkanes of at least 4 members (excludes halogenated alkanes) is 2. The number of benzene rings is 1. The van der Waals surface area contributed by atoms with Gasteiger partial charge in [-0.1, -0.05) is 30.8 Å². The fraction of sp³-hybridized carbons (Fsp3) is 0.389. The van der Waals surface area contributed by atoms with E-state index in [0.29, 0.717) is 5.89 Å². The molecule has 0 unspecified atom stereocenters. The summed E-state index contributed by atoms with van der Waals surface area (Å²) in [5.74, 6) is 0.597. The minimum absolute atomic E-state index is 0.597. The Labute approximate surface area is 141 Å². The molecule has 0 fully saturated rings. The van der Waals surface area contributed by atoms with Crippen molar-refractivity contribution in [2.75, 3.05) is 0 Å². The average Bonchev–Trinajstić information content (AvgIpc) is 3.10. The van der Waals surface area contributed by atoms with E-state index in [9.17, 15) is 0 Å². The average molecular weight is 327 g/mol. The van der Waals surface area contributed by atoms with Gasteiger partial charge < -0.3 is 4.42 Å². The van der Waals surface area contributed by atoms with Crippen LogP contribution in [0.3, 0.4) is 0 Å². The fourth-order valence-corrected chi connectivity index (χ4v) is 2.96. The Morgan fingerprint density at radius 3 is 2.74 bits per heavy atom. The van der Waals surface area contributed by atoms with Crippen molar-refractivity contribution in [2.45, 2.75) is 46.1 Å². The monoisotopic (exact) mass is 327 g/mol. The summed E-state index contributed by atoms with van der Waals surface area (Å²) in [6.45, 7) is 5.10. The molecule has 2 aromatic heterocycles. The molecule has 3 rings (SSSR count). The van der Waals surface area contributed by atoms with E-state index in [1.165, 1.54) is 5.69 Å². The first-order valence-corrected chi connectivity index (χ1v) is 8.44. The zero-order valence-corrected chi connectivity index (χ0v) is 14.4. The van der Waals surface area contributed by atoms with Gasteiger partial charge in [-0.2, -0.15) is 5.10 Å². The standard InChI is InChI=1S/C18H21N3OS/c1-13-12-14(2)21(20-13)11-7-3-4-10-17(23)18-19-15-8-5-6-9-16(15)22-18/h5-6,8-9,12H,3-4,7,10-11H2,1-2H3. The number of aryl methyl sites for hydroxylation is 3. The highest BCUT2D eigenvalue weighted by Gasteiger charge is 2.10. The van der Waals surface area contributed by atoms with Gasteiger partial charge in [0.1, 0.15) is 5.52 Å². The van der Waals surface area contributed by atoms with E-state index >= 15 is 0 Å². The number of thiocarbonyl (C=S) groups is 1. The van der Waals surface area contributed by atoms with Crippen molar-refractivity contribution in [3.63, 3.8) is 0 Å². The van der Waals surface area contributed by atoms with Gasteiger partial charge in [0.25, 0.3) is 0 Å². The molecule has 0 saturated carbocycles. The number of hydrogen-bond acceptors (Lipinski definition) is 4. The van der Waals surface area contributed by atoms with Crippen LogP contribution < -0.4 is 0 Å². The van der Waals surface area contributed by atoms with Gasteiger partial charge in [0.15, 0.2) is 5.58 Å². The summed E-state index contributed by atoms with van der Waals surface area (Å²) < 4.78 is 7.79. The van der Waals surface area contributed by atoms with Crippen LogP contribution in [0, 0.1) is 13.8 Å². The van der Waals surface area contributed by atoms with Crippen LogP contribution in [-0.4, -0.2) is 19.6 Å². The number of aromatic nitrogens is 3. The summed E-state index contributed by atoms with van der Waals surface area (Å²) in [7, 11) is 0. The van der Waals surface area contributed by atoms with E-state index < -0.39 is 0 Å². The van der Waals surface area contributed by atoms with Gasteiger partial charge in [0.05, 0.1) is 10.6 Å². The van der Waals surface area contributed by atoms with Crippen molar-refractivity contribution in [1.82, 2.24) is 14.8 Å². The highest BCUT2D eigenvalue weighted by molar-refractivity contribution is 7.80. The van der Waals surface area contributed by atoms with Crippen molar-refractivity contribution >= 4 is 28.2 Å². The summed E-state index contributed by atoms with van der Waals surface area (Å²) in [4.78, 5) is 5.26. The SMILES string of the molecule is Cc1cc(C)n(CCCCCC(=S)c2nc3ccccc3o2)n1. The predicted octanol–water partition coefficient (Wildman–Crippen LogP) is 4.62. The van der Waals surface area contributed by atoms with E-state index in [2.05, 4.69) is 27.8 Å². The third-order valence-electron chi connectivity index (χ3n) is 3.91. The van der Waals surface area contributed by atoms with Crippen LogP contribution >= 0.6 is 12.2 Å². The quantitative estimate of drug-likeness (QED) is 0.361. The molecule has 5 heteroatoms. The van der Waals surface area contributed by atoms with E-state index in [1.54, 1.807) is 0 Å². The number of hydrogen-bond donors (Lipinski definition) is 0. The van der Waals surface area contributed by atoms with Crippen LogP contribution in [0.25, 0.3) is 11.1 Å². The molecule has 0 aliphatic rings. The first-order valence-electron chi connectivity index (χ1n) is 8.03. The van der Waals surface area contributed by atoms with Gasteiger partial charge >= 0.3 is 0 Å². The molecule has 0 bridgehead atoms. The zero-order chi connectivity index (χ0) is 16.2. The smallest absolute Gasteiger partial charge is 0.234 e. The molecule has 0 saturated heterocycles.